The van der Waals surface area contributed by atoms with Gasteiger partial charge in [-0.05, 0) is 0 Å². The van der Waals surface area contributed by atoms with Crippen LogP contribution in [-0.4, -0.2) is 24.7 Å². The number of rotatable bonds is 2. The van der Waals surface area contributed by atoms with Crippen LogP contribution in [0.1, 0.15) is 0 Å². The molecule has 4 nitrogen and oxygen atoms in total. The molecular formula is C4H6N2O2. The fraction of sp³-hybridized carbons (Fsp3) is 0.500. The Balaban J connectivity index is 2.34. The van der Waals surface area contributed by atoms with Crippen LogP contribution in [0.15, 0.2) is 0 Å². The van der Waals surface area contributed by atoms with Gasteiger partial charge in [-0.15, -0.1) is 0 Å². The number of Topliss-reactive ketones (excluding diaryl/α,β-unsaturated/α-hetero) is 1. The molecule has 1 unspecified atom stereocenters. The van der Waals surface area contributed by atoms with Crippen molar-refractivity contribution in [3.63, 3.8) is 0 Å². The van der Waals surface area contributed by atoms with Crippen molar-refractivity contribution in [3.8, 4) is 0 Å². The lowest BCUT2D eigenvalue weighted by Crippen LogP contribution is -2.62. The summed E-state index contributed by atoms with van der Waals surface area (Å²) in [5.74, 6) is -0.385. The van der Waals surface area contributed by atoms with Crippen molar-refractivity contribution in [2.75, 3.05) is 6.54 Å². The van der Waals surface area contributed by atoms with Gasteiger partial charge >= 0.3 is 0 Å². The molecule has 0 aromatic rings. The maximum absolute atomic E-state index is 10.3. The van der Waals surface area contributed by atoms with Gasteiger partial charge in [-0.1, -0.05) is 0 Å². The van der Waals surface area contributed by atoms with Crippen LogP contribution < -0.4 is 10.9 Å². The maximum atomic E-state index is 10.3. The average molecular weight is 114 g/mol. The number of ketones is 1. The summed E-state index contributed by atoms with van der Waals surface area (Å²) in [5, 5.41) is 0. The largest absolute Gasteiger partial charge is 0.295 e. The number of nitrogens with one attached hydrogen (secondary N) is 2. The lowest BCUT2D eigenvalue weighted by Gasteiger charge is -2.25. The Labute approximate surface area is 46.2 Å². The molecule has 4 heteroatoms. The second kappa shape index (κ2) is 2.02. The minimum atomic E-state index is -0.385. The minimum absolute atomic E-state index is 0.271. The third-order valence-electron chi connectivity index (χ3n) is 1.04. The summed E-state index contributed by atoms with van der Waals surface area (Å²) < 4.78 is 0. The van der Waals surface area contributed by atoms with Crippen LogP contribution in [0.3, 0.4) is 0 Å². The smallest absolute Gasteiger partial charge is 0.214 e. The summed E-state index contributed by atoms with van der Waals surface area (Å²) in [6.07, 6.45) is 0.332. The SMILES string of the molecule is O=CC(=O)C1CNN1. The molecule has 1 rings (SSSR count). The zero-order valence-corrected chi connectivity index (χ0v) is 4.18. The molecule has 1 aliphatic rings. The Kier molecular flexibility index (Phi) is 1.36. The molecule has 0 aliphatic carbocycles. The first-order valence-electron chi connectivity index (χ1n) is 2.32. The van der Waals surface area contributed by atoms with E-state index in [1.54, 1.807) is 0 Å². The van der Waals surface area contributed by atoms with E-state index < -0.39 is 0 Å². The molecule has 1 atom stereocenters. The number of carbonyl (C=O) groups excluding carboxylic acids is 2. The van der Waals surface area contributed by atoms with Gasteiger partial charge in [0.05, 0.1) is 0 Å². The van der Waals surface area contributed by atoms with Gasteiger partial charge < -0.3 is 0 Å². The zero-order valence-electron chi connectivity index (χ0n) is 4.18. The monoisotopic (exact) mass is 114 g/mol. The number of carbonyl (C=O) groups is 2. The van der Waals surface area contributed by atoms with Crippen LogP contribution in [0, 0.1) is 0 Å². The minimum Gasteiger partial charge on any atom is -0.295 e. The second-order valence-corrected chi connectivity index (χ2v) is 1.60. The maximum Gasteiger partial charge on any atom is 0.214 e. The predicted octanol–water partition coefficient (Wildman–Crippen LogP) is -1.77. The van der Waals surface area contributed by atoms with E-state index in [1.807, 2.05) is 0 Å². The standard InChI is InChI=1S/C4H6N2O2/c7-2-4(8)3-1-5-6-3/h2-3,5-6H,1H2. The molecule has 44 valence electrons. The lowest BCUT2D eigenvalue weighted by molar-refractivity contribution is -0.132. The molecule has 0 saturated carbocycles. The van der Waals surface area contributed by atoms with E-state index in [-0.39, 0.29) is 11.8 Å². The Morgan fingerprint density at radius 3 is 2.50 bits per heavy atom. The summed E-state index contributed by atoms with van der Waals surface area (Å²) in [7, 11) is 0. The van der Waals surface area contributed by atoms with Gasteiger partial charge in [-0.2, -0.15) is 0 Å². The van der Waals surface area contributed by atoms with Crippen molar-refractivity contribution >= 4 is 12.1 Å². The van der Waals surface area contributed by atoms with Crippen LogP contribution in [0.4, 0.5) is 0 Å². The molecule has 0 amide bonds. The molecule has 1 saturated heterocycles. The lowest BCUT2D eigenvalue weighted by atomic mass is 10.2. The first-order chi connectivity index (χ1) is 3.84. The highest BCUT2D eigenvalue weighted by Gasteiger charge is 2.22. The molecule has 0 aromatic carbocycles. The van der Waals surface area contributed by atoms with Gasteiger partial charge in [-0.3, -0.25) is 15.0 Å². The molecule has 8 heavy (non-hydrogen) atoms. The normalized spacial score (nSPS) is 26.2. The van der Waals surface area contributed by atoms with Crippen molar-refractivity contribution in [1.82, 2.24) is 10.9 Å². The van der Waals surface area contributed by atoms with E-state index in [4.69, 9.17) is 0 Å². The predicted molar refractivity (Wildman–Crippen MR) is 26.0 cm³/mol. The third-order valence-corrected chi connectivity index (χ3v) is 1.04. The fourth-order valence-corrected chi connectivity index (χ4v) is 0.458. The second-order valence-electron chi connectivity index (χ2n) is 1.60. The van der Waals surface area contributed by atoms with Crippen molar-refractivity contribution in [2.24, 2.45) is 0 Å². The number of hydrogen-bond donors (Lipinski definition) is 2. The molecule has 1 heterocycles. The van der Waals surface area contributed by atoms with E-state index >= 15 is 0 Å². The highest BCUT2D eigenvalue weighted by atomic mass is 16.2. The molecule has 2 N–H and O–H groups in total. The van der Waals surface area contributed by atoms with Gasteiger partial charge in [0.1, 0.15) is 6.04 Å². The Morgan fingerprint density at radius 1 is 1.75 bits per heavy atom. The van der Waals surface area contributed by atoms with Crippen molar-refractivity contribution in [1.29, 1.82) is 0 Å². The van der Waals surface area contributed by atoms with E-state index in [0.717, 1.165) is 0 Å². The molecule has 0 radical (unpaired) electrons. The summed E-state index contributed by atoms with van der Waals surface area (Å²) in [4.78, 5) is 20.0. The Bertz CT molecular complexity index is 119. The highest BCUT2D eigenvalue weighted by Crippen LogP contribution is 1.86. The van der Waals surface area contributed by atoms with Crippen LogP contribution in [-0.2, 0) is 9.59 Å². The van der Waals surface area contributed by atoms with E-state index in [1.165, 1.54) is 0 Å². The first-order valence-corrected chi connectivity index (χ1v) is 2.32. The van der Waals surface area contributed by atoms with Crippen molar-refractivity contribution in [2.45, 2.75) is 6.04 Å². The summed E-state index contributed by atoms with van der Waals surface area (Å²) in [5.41, 5.74) is 5.21. The van der Waals surface area contributed by atoms with Gasteiger partial charge in [-0.25, -0.2) is 5.43 Å². The average Bonchev–Trinajstić information content (AvgIpc) is 1.62. The number of hydrogen-bond acceptors (Lipinski definition) is 4. The van der Waals surface area contributed by atoms with Crippen molar-refractivity contribution in [3.05, 3.63) is 0 Å². The fourth-order valence-electron chi connectivity index (χ4n) is 0.458. The molecule has 0 spiro atoms. The Morgan fingerprint density at radius 2 is 2.38 bits per heavy atom. The van der Waals surface area contributed by atoms with Crippen LogP contribution >= 0.6 is 0 Å². The van der Waals surface area contributed by atoms with E-state index in [9.17, 15) is 9.59 Å². The van der Waals surface area contributed by atoms with Crippen LogP contribution in [0.5, 0.6) is 0 Å². The molecule has 1 aliphatic heterocycles. The van der Waals surface area contributed by atoms with E-state index in [2.05, 4.69) is 10.9 Å². The number of hydrazine groups is 1. The van der Waals surface area contributed by atoms with Gasteiger partial charge in [0.15, 0.2) is 6.29 Å². The van der Waals surface area contributed by atoms with Gasteiger partial charge in [0, 0.05) is 6.54 Å². The van der Waals surface area contributed by atoms with Crippen LogP contribution in [0.2, 0.25) is 0 Å². The number of aldehydes is 1. The molecule has 0 aromatic heterocycles. The van der Waals surface area contributed by atoms with Gasteiger partial charge in [0.2, 0.25) is 5.78 Å². The highest BCUT2D eigenvalue weighted by molar-refractivity contribution is 6.27. The summed E-state index contributed by atoms with van der Waals surface area (Å²) in [6, 6.07) is -0.271. The molecule has 1 fully saturated rings. The summed E-state index contributed by atoms with van der Waals surface area (Å²) in [6.45, 7) is 0.567. The Hall–Kier alpha value is -0.740. The van der Waals surface area contributed by atoms with E-state index in [0.29, 0.717) is 12.8 Å². The topological polar surface area (TPSA) is 58.2 Å². The third kappa shape index (κ3) is 0.753. The zero-order chi connectivity index (χ0) is 5.98. The first kappa shape index (κ1) is 5.40. The quantitative estimate of drug-likeness (QED) is 0.329. The molecule has 0 bridgehead atoms. The summed E-state index contributed by atoms with van der Waals surface area (Å²) >= 11 is 0. The van der Waals surface area contributed by atoms with Crippen molar-refractivity contribution < 1.29 is 9.59 Å². The van der Waals surface area contributed by atoms with Gasteiger partial charge in [0.25, 0.3) is 0 Å². The molecular weight excluding hydrogens is 108 g/mol. The van der Waals surface area contributed by atoms with Crippen LogP contribution in [0.25, 0.3) is 0 Å².